The molecule has 0 radical (unpaired) electrons. The molecular weight excluding hydrogens is 549 g/mol. The first-order valence-corrected chi connectivity index (χ1v) is 12.7. The zero-order valence-corrected chi connectivity index (χ0v) is 22.2. The van der Waals surface area contributed by atoms with Gasteiger partial charge < -0.3 is 15.0 Å². The third kappa shape index (κ3) is 5.18. The van der Waals surface area contributed by atoms with Crippen molar-refractivity contribution in [3.05, 3.63) is 82.4 Å². The van der Waals surface area contributed by atoms with Gasteiger partial charge in [0.2, 0.25) is 0 Å². The van der Waals surface area contributed by atoms with Gasteiger partial charge in [0.1, 0.15) is 22.0 Å². The lowest BCUT2D eigenvalue weighted by molar-refractivity contribution is -0.141. The molecular formula is C27H24ClF3N6O3. The number of methoxy groups -OCH3 is 1. The highest BCUT2D eigenvalue weighted by Gasteiger charge is 2.42. The van der Waals surface area contributed by atoms with E-state index in [4.69, 9.17) is 16.3 Å². The standard InChI is InChI=1S/C27H24ClF3N6O3/c1-36-24(28)21(23(35-36)27(29,30)31)25(38)34-18-8-11-37(14-17(18)15-6-4-3-5-7-15)26(39)16-12-19-22(20(13-16)40-2)33-10-9-32-19/h3-7,9-10,12-13,17-18H,8,11,14H2,1-2H3,(H,34,38)/t17-,18-/m1/s1. The summed E-state index contributed by atoms with van der Waals surface area (Å²) in [5.41, 5.74) is 0.121. The Morgan fingerprint density at radius 2 is 1.85 bits per heavy atom. The molecule has 13 heteroatoms. The summed E-state index contributed by atoms with van der Waals surface area (Å²) < 4.78 is 47.0. The number of hydrogen-bond donors (Lipinski definition) is 1. The molecule has 0 bridgehead atoms. The first-order chi connectivity index (χ1) is 19.1. The molecule has 2 aromatic heterocycles. The number of halogens is 4. The number of nitrogens with one attached hydrogen (secondary N) is 1. The average Bonchev–Trinajstić information content (AvgIpc) is 3.27. The van der Waals surface area contributed by atoms with E-state index in [1.807, 2.05) is 30.3 Å². The van der Waals surface area contributed by atoms with E-state index in [0.717, 1.165) is 10.2 Å². The number of carbonyl (C=O) groups excluding carboxylic acids is 2. The summed E-state index contributed by atoms with van der Waals surface area (Å²) in [6.45, 7) is 0.461. The molecule has 4 aromatic rings. The van der Waals surface area contributed by atoms with Crippen molar-refractivity contribution in [2.45, 2.75) is 24.6 Å². The molecule has 2 amide bonds. The largest absolute Gasteiger partial charge is 0.494 e. The maximum absolute atomic E-state index is 13.6. The molecule has 1 aliphatic heterocycles. The summed E-state index contributed by atoms with van der Waals surface area (Å²) in [5, 5.41) is 5.73. The number of amides is 2. The van der Waals surface area contributed by atoms with Crippen molar-refractivity contribution < 1.29 is 27.5 Å². The Morgan fingerprint density at radius 3 is 2.55 bits per heavy atom. The van der Waals surface area contributed by atoms with Crippen LogP contribution < -0.4 is 10.1 Å². The number of aryl methyl sites for hydroxylation is 1. The quantitative estimate of drug-likeness (QED) is 0.379. The Balaban J connectivity index is 1.43. The van der Waals surface area contributed by atoms with E-state index in [0.29, 0.717) is 28.8 Å². The maximum atomic E-state index is 13.6. The molecule has 0 saturated carbocycles. The number of aromatic nitrogens is 4. The molecule has 1 aliphatic rings. The van der Waals surface area contributed by atoms with E-state index in [1.165, 1.54) is 26.6 Å². The minimum Gasteiger partial charge on any atom is -0.494 e. The molecule has 0 aliphatic carbocycles. The predicted octanol–water partition coefficient (Wildman–Crippen LogP) is 4.47. The Kier molecular flexibility index (Phi) is 7.37. The minimum atomic E-state index is -4.86. The van der Waals surface area contributed by atoms with E-state index in [2.05, 4.69) is 20.4 Å². The van der Waals surface area contributed by atoms with Crippen molar-refractivity contribution in [3.8, 4) is 5.75 Å². The van der Waals surface area contributed by atoms with Crippen LogP contribution in [0.15, 0.2) is 54.9 Å². The predicted molar refractivity (Wildman–Crippen MR) is 140 cm³/mol. The number of carbonyl (C=O) groups is 2. The second-order valence-corrected chi connectivity index (χ2v) is 9.73. The first kappa shape index (κ1) is 27.4. The van der Waals surface area contributed by atoms with E-state index >= 15 is 0 Å². The number of alkyl halides is 3. The number of rotatable bonds is 5. The SMILES string of the molecule is COc1cc(C(=O)N2CC[C@@H](NC(=O)c3c(C(F)(F)F)nn(C)c3Cl)[C@@H](c3ccccc3)C2)cc2nccnc12. The van der Waals surface area contributed by atoms with Crippen LogP contribution in [-0.4, -0.2) is 62.7 Å². The molecule has 208 valence electrons. The van der Waals surface area contributed by atoms with Crippen molar-refractivity contribution in [3.63, 3.8) is 0 Å². The van der Waals surface area contributed by atoms with Gasteiger partial charge in [0.25, 0.3) is 11.8 Å². The number of fused-ring (bicyclic) bond motifs is 1. The van der Waals surface area contributed by atoms with Crippen molar-refractivity contribution in [1.82, 2.24) is 30.0 Å². The van der Waals surface area contributed by atoms with Gasteiger partial charge in [0.15, 0.2) is 5.69 Å². The fourth-order valence-electron chi connectivity index (χ4n) is 5.00. The van der Waals surface area contributed by atoms with Gasteiger partial charge in [-0.1, -0.05) is 41.9 Å². The smallest absolute Gasteiger partial charge is 0.436 e. The van der Waals surface area contributed by atoms with Crippen LogP contribution in [0.3, 0.4) is 0 Å². The molecule has 2 aromatic carbocycles. The van der Waals surface area contributed by atoms with Gasteiger partial charge in [-0.05, 0) is 24.1 Å². The van der Waals surface area contributed by atoms with Crippen LogP contribution in [0, 0.1) is 0 Å². The highest BCUT2D eigenvalue weighted by Crippen LogP contribution is 2.35. The van der Waals surface area contributed by atoms with Gasteiger partial charge in [-0.15, -0.1) is 0 Å². The van der Waals surface area contributed by atoms with Crippen molar-refractivity contribution >= 4 is 34.4 Å². The molecule has 0 unspecified atom stereocenters. The summed E-state index contributed by atoms with van der Waals surface area (Å²) >= 11 is 6.05. The minimum absolute atomic E-state index is 0.210. The highest BCUT2D eigenvalue weighted by molar-refractivity contribution is 6.33. The van der Waals surface area contributed by atoms with Crippen LogP contribution in [0.1, 0.15) is 44.3 Å². The third-order valence-electron chi connectivity index (χ3n) is 6.92. The number of benzene rings is 2. The van der Waals surface area contributed by atoms with Crippen molar-refractivity contribution in [1.29, 1.82) is 0 Å². The van der Waals surface area contributed by atoms with Crippen molar-refractivity contribution in [2.75, 3.05) is 20.2 Å². The summed E-state index contributed by atoms with van der Waals surface area (Å²) in [5.74, 6) is -1.25. The summed E-state index contributed by atoms with van der Waals surface area (Å²) in [7, 11) is 2.72. The summed E-state index contributed by atoms with van der Waals surface area (Å²) in [6.07, 6.45) is -1.52. The van der Waals surface area contributed by atoms with Crippen LogP contribution in [-0.2, 0) is 13.2 Å². The Labute approximate surface area is 231 Å². The van der Waals surface area contributed by atoms with Gasteiger partial charge in [-0.25, -0.2) is 4.98 Å². The molecule has 9 nitrogen and oxygen atoms in total. The van der Waals surface area contributed by atoms with Gasteiger partial charge in [0.05, 0.1) is 12.6 Å². The van der Waals surface area contributed by atoms with Crippen LogP contribution >= 0.6 is 11.6 Å². The zero-order valence-electron chi connectivity index (χ0n) is 21.4. The van der Waals surface area contributed by atoms with Gasteiger partial charge in [-0.2, -0.15) is 18.3 Å². The average molecular weight is 573 g/mol. The monoisotopic (exact) mass is 572 g/mol. The molecule has 1 fully saturated rings. The summed E-state index contributed by atoms with van der Waals surface area (Å²) in [6, 6.07) is 11.8. The Morgan fingerprint density at radius 1 is 1.12 bits per heavy atom. The second kappa shape index (κ2) is 10.8. The fraction of sp³-hybridized carbons (Fsp3) is 0.296. The van der Waals surface area contributed by atoms with Crippen molar-refractivity contribution in [2.24, 2.45) is 7.05 Å². The number of likely N-dealkylation sites (tertiary alicyclic amines) is 1. The fourth-order valence-corrected chi connectivity index (χ4v) is 5.21. The maximum Gasteiger partial charge on any atom is 0.436 e. The molecule has 2 atom stereocenters. The van der Waals surface area contributed by atoms with E-state index in [9.17, 15) is 22.8 Å². The number of hydrogen-bond acceptors (Lipinski definition) is 6. The molecule has 1 saturated heterocycles. The normalized spacial score (nSPS) is 17.6. The third-order valence-corrected chi connectivity index (χ3v) is 7.36. The van der Waals surface area contributed by atoms with Gasteiger partial charge >= 0.3 is 6.18 Å². The van der Waals surface area contributed by atoms with Gasteiger partial charge in [0, 0.05) is 50.1 Å². The van der Waals surface area contributed by atoms with Crippen LogP contribution in [0.4, 0.5) is 13.2 Å². The lowest BCUT2D eigenvalue weighted by Gasteiger charge is -2.39. The second-order valence-electron chi connectivity index (χ2n) is 9.38. The van der Waals surface area contributed by atoms with Crippen LogP contribution in [0.25, 0.3) is 11.0 Å². The molecule has 3 heterocycles. The van der Waals surface area contributed by atoms with Crippen LogP contribution in [0.2, 0.25) is 5.15 Å². The van der Waals surface area contributed by atoms with E-state index in [-0.39, 0.29) is 19.0 Å². The summed E-state index contributed by atoms with van der Waals surface area (Å²) in [4.78, 5) is 37.0. The highest BCUT2D eigenvalue weighted by atomic mass is 35.5. The molecule has 5 rings (SSSR count). The number of piperidine rings is 1. The van der Waals surface area contributed by atoms with Crippen LogP contribution in [0.5, 0.6) is 5.75 Å². The van der Waals surface area contributed by atoms with E-state index < -0.39 is 40.5 Å². The number of ether oxygens (including phenoxy) is 1. The lowest BCUT2D eigenvalue weighted by atomic mass is 9.85. The van der Waals surface area contributed by atoms with Gasteiger partial charge in [-0.3, -0.25) is 19.3 Å². The molecule has 40 heavy (non-hydrogen) atoms. The Hall–Kier alpha value is -4.19. The first-order valence-electron chi connectivity index (χ1n) is 12.3. The zero-order chi connectivity index (χ0) is 28.6. The number of nitrogens with zero attached hydrogens (tertiary/aromatic N) is 5. The lowest BCUT2D eigenvalue weighted by Crippen LogP contribution is -2.51. The topological polar surface area (TPSA) is 102 Å². The molecule has 0 spiro atoms. The Bertz CT molecular complexity index is 1580. The molecule has 1 N–H and O–H groups in total. The van der Waals surface area contributed by atoms with E-state index in [1.54, 1.807) is 17.0 Å².